The smallest absolute Gasteiger partial charge is 0.314 e. The lowest BCUT2D eigenvalue weighted by Gasteiger charge is -2.40. The van der Waals surface area contributed by atoms with Gasteiger partial charge in [0, 0.05) is 10.5 Å². The fourth-order valence-corrected chi connectivity index (χ4v) is 3.35. The molecule has 1 saturated carbocycles. The van der Waals surface area contributed by atoms with E-state index < -0.39 is 11.4 Å². The summed E-state index contributed by atoms with van der Waals surface area (Å²) in [4.78, 5) is 12.7. The maximum absolute atomic E-state index is 11.7. The summed E-state index contributed by atoms with van der Waals surface area (Å²) in [5.74, 6) is 0.0110. The lowest BCUT2D eigenvalue weighted by Crippen LogP contribution is -2.43. The van der Waals surface area contributed by atoms with Gasteiger partial charge in [-0.15, -0.1) is 11.8 Å². The molecule has 0 radical (unpaired) electrons. The Labute approximate surface area is 112 Å². The fourth-order valence-electron chi connectivity index (χ4n) is 2.66. The van der Waals surface area contributed by atoms with Crippen LogP contribution in [0.15, 0.2) is 17.0 Å². The zero-order valence-corrected chi connectivity index (χ0v) is 11.8. The molecule has 0 saturated heterocycles. The summed E-state index contributed by atoms with van der Waals surface area (Å²) >= 11 is 1.58. The zero-order chi connectivity index (χ0) is 13.3. The normalized spacial score (nSPS) is 17.1. The highest BCUT2D eigenvalue weighted by molar-refractivity contribution is 7.98. The minimum atomic E-state index is -0.740. The van der Waals surface area contributed by atoms with Crippen molar-refractivity contribution in [3.63, 3.8) is 0 Å². The number of aliphatic carboxylic acids is 1. The lowest BCUT2D eigenvalue weighted by molar-refractivity contribution is -0.147. The van der Waals surface area contributed by atoms with Crippen molar-refractivity contribution in [1.29, 1.82) is 0 Å². The Bertz CT molecular complexity index is 478. The average molecular weight is 266 g/mol. The predicted octanol–water partition coefficient (Wildman–Crippen LogP) is 3.23. The minimum absolute atomic E-state index is 0.704. The first-order chi connectivity index (χ1) is 8.56. The average Bonchev–Trinajstić information content (AvgIpc) is 2.27. The summed E-state index contributed by atoms with van der Waals surface area (Å²) in [6.07, 6.45) is 4.35. The SMILES string of the molecule is COc1c(C)ccc(SC)c1C1(C(=O)O)CCC1. The van der Waals surface area contributed by atoms with Crippen LogP contribution in [0.2, 0.25) is 0 Å². The monoisotopic (exact) mass is 266 g/mol. The molecule has 0 atom stereocenters. The van der Waals surface area contributed by atoms with E-state index >= 15 is 0 Å². The number of aryl methyl sites for hydroxylation is 1. The van der Waals surface area contributed by atoms with Crippen molar-refractivity contribution >= 4 is 17.7 Å². The number of methoxy groups -OCH3 is 1. The summed E-state index contributed by atoms with van der Waals surface area (Å²) in [7, 11) is 1.62. The molecular formula is C14H18O3S. The highest BCUT2D eigenvalue weighted by Gasteiger charge is 2.49. The van der Waals surface area contributed by atoms with E-state index in [1.54, 1.807) is 18.9 Å². The Morgan fingerprint density at radius 1 is 1.44 bits per heavy atom. The second kappa shape index (κ2) is 4.84. The third-order valence-electron chi connectivity index (χ3n) is 3.84. The second-order valence-corrected chi connectivity index (χ2v) is 5.58. The number of carboxylic acid groups (broad SMARTS) is 1. The molecule has 0 spiro atoms. The number of hydrogen-bond acceptors (Lipinski definition) is 3. The molecule has 2 rings (SSSR count). The first kappa shape index (κ1) is 13.3. The van der Waals surface area contributed by atoms with Crippen molar-refractivity contribution in [2.45, 2.75) is 36.5 Å². The van der Waals surface area contributed by atoms with Crippen molar-refractivity contribution in [2.24, 2.45) is 0 Å². The highest BCUT2D eigenvalue weighted by atomic mass is 32.2. The molecule has 98 valence electrons. The molecule has 4 heteroatoms. The molecule has 1 aliphatic carbocycles. The maximum Gasteiger partial charge on any atom is 0.314 e. The summed E-state index contributed by atoms with van der Waals surface area (Å²) in [6, 6.07) is 3.99. The van der Waals surface area contributed by atoms with Crippen LogP contribution in [0.3, 0.4) is 0 Å². The molecule has 1 fully saturated rings. The van der Waals surface area contributed by atoms with Crippen molar-refractivity contribution < 1.29 is 14.6 Å². The van der Waals surface area contributed by atoms with Crippen LogP contribution in [-0.2, 0) is 10.2 Å². The van der Waals surface area contributed by atoms with Gasteiger partial charge in [0.15, 0.2) is 0 Å². The number of rotatable bonds is 4. The Morgan fingerprint density at radius 3 is 2.50 bits per heavy atom. The van der Waals surface area contributed by atoms with Crippen LogP contribution in [0.4, 0.5) is 0 Å². The molecular weight excluding hydrogens is 248 g/mol. The third kappa shape index (κ3) is 1.79. The van der Waals surface area contributed by atoms with Crippen LogP contribution in [-0.4, -0.2) is 24.4 Å². The number of hydrogen-bond donors (Lipinski definition) is 1. The zero-order valence-electron chi connectivity index (χ0n) is 10.9. The molecule has 1 aromatic rings. The van der Waals surface area contributed by atoms with E-state index in [4.69, 9.17) is 4.74 Å². The third-order valence-corrected chi connectivity index (χ3v) is 4.62. The Balaban J connectivity index is 2.67. The molecule has 0 bridgehead atoms. The molecule has 0 heterocycles. The van der Waals surface area contributed by atoms with Gasteiger partial charge in [-0.05, 0) is 37.7 Å². The van der Waals surface area contributed by atoms with Gasteiger partial charge in [-0.1, -0.05) is 12.5 Å². The Morgan fingerprint density at radius 2 is 2.11 bits per heavy atom. The molecule has 1 aromatic carbocycles. The van der Waals surface area contributed by atoms with Crippen LogP contribution in [0.1, 0.15) is 30.4 Å². The quantitative estimate of drug-likeness (QED) is 0.850. The molecule has 0 aliphatic heterocycles. The molecule has 1 N–H and O–H groups in total. The molecule has 18 heavy (non-hydrogen) atoms. The largest absolute Gasteiger partial charge is 0.496 e. The number of benzene rings is 1. The van der Waals surface area contributed by atoms with Gasteiger partial charge >= 0.3 is 5.97 Å². The van der Waals surface area contributed by atoms with Gasteiger partial charge in [0.1, 0.15) is 5.75 Å². The van der Waals surface area contributed by atoms with E-state index in [1.807, 2.05) is 25.3 Å². The standard InChI is InChI=1S/C14H18O3S/c1-9-5-6-10(18-3)11(12(9)17-2)14(13(15)16)7-4-8-14/h5-6H,4,7-8H2,1-3H3,(H,15,16). The van der Waals surface area contributed by atoms with Crippen molar-refractivity contribution in [3.05, 3.63) is 23.3 Å². The topological polar surface area (TPSA) is 46.5 Å². The van der Waals surface area contributed by atoms with Gasteiger partial charge in [0.05, 0.1) is 12.5 Å². The van der Waals surface area contributed by atoms with Gasteiger partial charge in [-0.3, -0.25) is 4.79 Å². The van der Waals surface area contributed by atoms with Crippen LogP contribution in [0.5, 0.6) is 5.75 Å². The van der Waals surface area contributed by atoms with Crippen molar-refractivity contribution in [2.75, 3.05) is 13.4 Å². The van der Waals surface area contributed by atoms with Gasteiger partial charge in [0.2, 0.25) is 0 Å². The number of carbonyl (C=O) groups is 1. The molecule has 0 aromatic heterocycles. The van der Waals surface area contributed by atoms with Crippen LogP contribution in [0, 0.1) is 6.92 Å². The number of ether oxygens (including phenoxy) is 1. The summed E-state index contributed by atoms with van der Waals surface area (Å²) in [5.41, 5.74) is 1.13. The number of carboxylic acids is 1. The Hall–Kier alpha value is -1.16. The fraction of sp³-hybridized carbons (Fsp3) is 0.500. The molecule has 3 nitrogen and oxygen atoms in total. The van der Waals surface area contributed by atoms with E-state index in [-0.39, 0.29) is 0 Å². The minimum Gasteiger partial charge on any atom is -0.496 e. The van der Waals surface area contributed by atoms with Gasteiger partial charge in [-0.25, -0.2) is 0 Å². The van der Waals surface area contributed by atoms with E-state index in [2.05, 4.69) is 0 Å². The van der Waals surface area contributed by atoms with Gasteiger partial charge < -0.3 is 9.84 Å². The summed E-state index contributed by atoms with van der Waals surface area (Å²) < 4.78 is 5.47. The van der Waals surface area contributed by atoms with Crippen LogP contribution in [0.25, 0.3) is 0 Å². The summed E-state index contributed by atoms with van der Waals surface area (Å²) in [6.45, 7) is 1.96. The van der Waals surface area contributed by atoms with Crippen LogP contribution >= 0.6 is 11.8 Å². The summed E-state index contributed by atoms with van der Waals surface area (Å²) in [5, 5.41) is 9.60. The van der Waals surface area contributed by atoms with E-state index in [9.17, 15) is 9.90 Å². The lowest BCUT2D eigenvalue weighted by atomic mass is 9.64. The van der Waals surface area contributed by atoms with Crippen molar-refractivity contribution in [3.8, 4) is 5.75 Å². The first-order valence-electron chi connectivity index (χ1n) is 6.02. The van der Waals surface area contributed by atoms with Crippen LogP contribution < -0.4 is 4.74 Å². The predicted molar refractivity (Wildman–Crippen MR) is 72.7 cm³/mol. The van der Waals surface area contributed by atoms with E-state index in [0.717, 1.165) is 28.2 Å². The maximum atomic E-state index is 11.7. The molecule has 0 unspecified atom stereocenters. The molecule has 0 amide bonds. The second-order valence-electron chi connectivity index (χ2n) is 4.73. The van der Waals surface area contributed by atoms with E-state index in [1.165, 1.54) is 0 Å². The van der Waals surface area contributed by atoms with Gasteiger partial charge in [0.25, 0.3) is 0 Å². The van der Waals surface area contributed by atoms with E-state index in [0.29, 0.717) is 12.8 Å². The van der Waals surface area contributed by atoms with Crippen molar-refractivity contribution in [1.82, 2.24) is 0 Å². The number of thioether (sulfide) groups is 1. The Kier molecular flexibility index (Phi) is 3.57. The molecule has 1 aliphatic rings. The first-order valence-corrected chi connectivity index (χ1v) is 7.25. The highest BCUT2D eigenvalue weighted by Crippen LogP contribution is 2.51. The van der Waals surface area contributed by atoms with Gasteiger partial charge in [-0.2, -0.15) is 0 Å².